The number of rotatable bonds is 5. The third-order valence-electron chi connectivity index (χ3n) is 2.14. The molecule has 17 heavy (non-hydrogen) atoms. The molecule has 0 amide bonds. The summed E-state index contributed by atoms with van der Waals surface area (Å²) in [5.41, 5.74) is 0.647. The van der Waals surface area contributed by atoms with Crippen LogP contribution in [0, 0.1) is 0 Å². The number of methoxy groups -OCH3 is 1. The summed E-state index contributed by atoms with van der Waals surface area (Å²) in [4.78, 5) is 22.6. The van der Waals surface area contributed by atoms with Crippen LogP contribution in [0.15, 0.2) is 29.2 Å². The van der Waals surface area contributed by atoms with Crippen LogP contribution < -0.4 is 5.11 Å². The number of hydrogen-bond donors (Lipinski definition) is 0. The van der Waals surface area contributed by atoms with Gasteiger partial charge in [0.25, 0.3) is 0 Å². The van der Waals surface area contributed by atoms with Gasteiger partial charge in [-0.25, -0.2) is 0 Å². The van der Waals surface area contributed by atoms with Crippen molar-refractivity contribution >= 4 is 23.7 Å². The Morgan fingerprint density at radius 3 is 2.65 bits per heavy atom. The molecule has 0 spiro atoms. The second-order valence-electron chi connectivity index (χ2n) is 3.44. The molecule has 4 nitrogen and oxygen atoms in total. The normalized spacial score (nSPS) is 11.9. The molecule has 0 aliphatic carbocycles. The van der Waals surface area contributed by atoms with Crippen molar-refractivity contribution in [1.29, 1.82) is 0 Å². The summed E-state index contributed by atoms with van der Waals surface area (Å²) in [6.07, 6.45) is -0.156. The highest BCUT2D eigenvalue weighted by Crippen LogP contribution is 2.27. The van der Waals surface area contributed by atoms with Crippen LogP contribution in [0.4, 0.5) is 0 Å². The van der Waals surface area contributed by atoms with Gasteiger partial charge < -0.3 is 14.6 Å². The van der Waals surface area contributed by atoms with E-state index in [0.29, 0.717) is 5.56 Å². The molecule has 0 aromatic heterocycles. The van der Waals surface area contributed by atoms with Gasteiger partial charge in [-0.3, -0.25) is 4.79 Å². The number of benzene rings is 1. The lowest BCUT2D eigenvalue weighted by Gasteiger charge is -2.13. The molecule has 0 N–H and O–H groups in total. The van der Waals surface area contributed by atoms with E-state index in [1.54, 1.807) is 31.2 Å². The van der Waals surface area contributed by atoms with Crippen LogP contribution in [0.2, 0.25) is 0 Å². The van der Waals surface area contributed by atoms with Gasteiger partial charge in [0.2, 0.25) is 0 Å². The van der Waals surface area contributed by atoms with Gasteiger partial charge in [-0.15, -0.1) is 11.8 Å². The Hall–Kier alpha value is -1.49. The number of carboxylic acids is 1. The first kappa shape index (κ1) is 13.6. The highest BCUT2D eigenvalue weighted by atomic mass is 32.2. The molecule has 0 fully saturated rings. The second-order valence-corrected chi connectivity index (χ2v) is 4.82. The predicted octanol–water partition coefficient (Wildman–Crippen LogP) is 0.633. The lowest BCUT2D eigenvalue weighted by molar-refractivity contribution is -0.304. The molecule has 1 unspecified atom stereocenters. The molecule has 92 valence electrons. The SMILES string of the molecule is COC(=O)C(C)Sc1ccccc1CC(=O)[O-]. The number of ether oxygens (including phenoxy) is 1. The van der Waals surface area contributed by atoms with Crippen molar-refractivity contribution in [2.24, 2.45) is 0 Å². The number of thioether (sulfide) groups is 1. The minimum absolute atomic E-state index is 0.156. The molecule has 0 bridgehead atoms. The van der Waals surface area contributed by atoms with E-state index >= 15 is 0 Å². The maximum absolute atomic E-state index is 11.3. The van der Waals surface area contributed by atoms with Crippen LogP contribution in [-0.4, -0.2) is 24.3 Å². The highest BCUT2D eigenvalue weighted by Gasteiger charge is 2.16. The van der Waals surface area contributed by atoms with Gasteiger partial charge in [0.1, 0.15) is 5.25 Å². The first-order chi connectivity index (χ1) is 8.04. The molecule has 1 aromatic rings. The van der Waals surface area contributed by atoms with Crippen LogP contribution in [0.5, 0.6) is 0 Å². The lowest BCUT2D eigenvalue weighted by atomic mass is 10.1. The van der Waals surface area contributed by atoms with E-state index in [1.807, 2.05) is 0 Å². The molecule has 1 atom stereocenters. The van der Waals surface area contributed by atoms with Gasteiger partial charge in [-0.1, -0.05) is 18.2 Å². The number of carboxylic acid groups (broad SMARTS) is 1. The Bertz CT molecular complexity index is 417. The average Bonchev–Trinajstić information content (AvgIpc) is 2.29. The van der Waals surface area contributed by atoms with Gasteiger partial charge >= 0.3 is 5.97 Å². The van der Waals surface area contributed by atoms with Gasteiger partial charge in [0, 0.05) is 17.3 Å². The van der Waals surface area contributed by atoms with Crippen LogP contribution in [0.25, 0.3) is 0 Å². The minimum Gasteiger partial charge on any atom is -0.550 e. The van der Waals surface area contributed by atoms with Gasteiger partial charge in [0.05, 0.1) is 7.11 Å². The van der Waals surface area contributed by atoms with E-state index in [1.165, 1.54) is 18.9 Å². The van der Waals surface area contributed by atoms with Crippen LogP contribution in [0.1, 0.15) is 12.5 Å². The zero-order chi connectivity index (χ0) is 12.8. The van der Waals surface area contributed by atoms with Gasteiger partial charge in [-0.05, 0) is 18.6 Å². The maximum atomic E-state index is 11.3. The maximum Gasteiger partial charge on any atom is 0.318 e. The summed E-state index contributed by atoms with van der Waals surface area (Å²) in [5.74, 6) is -1.47. The summed E-state index contributed by atoms with van der Waals surface area (Å²) in [6.45, 7) is 1.71. The lowest BCUT2D eigenvalue weighted by Crippen LogP contribution is -2.24. The first-order valence-corrected chi connectivity index (χ1v) is 5.94. The summed E-state index contributed by atoms with van der Waals surface area (Å²) < 4.78 is 4.62. The number of carbonyl (C=O) groups excluding carboxylic acids is 2. The molecule has 0 aliphatic rings. The first-order valence-electron chi connectivity index (χ1n) is 5.07. The molecule has 0 saturated heterocycles. The Kier molecular flexibility index (Phi) is 5.03. The van der Waals surface area contributed by atoms with Crippen LogP contribution in [0.3, 0.4) is 0 Å². The van der Waals surface area contributed by atoms with Crippen LogP contribution in [-0.2, 0) is 20.7 Å². The molecule has 0 aliphatic heterocycles. The Balaban J connectivity index is 2.83. The van der Waals surface area contributed by atoms with Crippen molar-refractivity contribution in [1.82, 2.24) is 0 Å². The van der Waals surface area contributed by atoms with E-state index in [4.69, 9.17) is 0 Å². The van der Waals surface area contributed by atoms with Crippen molar-refractivity contribution in [3.63, 3.8) is 0 Å². The third kappa shape index (κ3) is 4.11. The summed E-state index contributed by atoms with van der Waals surface area (Å²) in [6, 6.07) is 7.04. The van der Waals surface area contributed by atoms with Crippen molar-refractivity contribution in [3.8, 4) is 0 Å². The monoisotopic (exact) mass is 253 g/mol. The van der Waals surface area contributed by atoms with Gasteiger partial charge in [0.15, 0.2) is 0 Å². The molecular weight excluding hydrogens is 240 g/mol. The highest BCUT2D eigenvalue weighted by molar-refractivity contribution is 8.00. The summed E-state index contributed by atoms with van der Waals surface area (Å²) in [7, 11) is 1.33. The third-order valence-corrected chi connectivity index (χ3v) is 3.34. The van der Waals surface area contributed by atoms with Gasteiger partial charge in [-0.2, -0.15) is 0 Å². The van der Waals surface area contributed by atoms with E-state index in [0.717, 1.165) is 4.90 Å². The molecule has 0 saturated carbocycles. The molecule has 1 rings (SSSR count). The van der Waals surface area contributed by atoms with Crippen LogP contribution >= 0.6 is 11.8 Å². The fourth-order valence-corrected chi connectivity index (χ4v) is 2.35. The number of carbonyl (C=O) groups is 2. The fourth-order valence-electron chi connectivity index (χ4n) is 1.32. The zero-order valence-corrected chi connectivity index (χ0v) is 10.5. The van der Waals surface area contributed by atoms with E-state index in [2.05, 4.69) is 4.74 Å². The summed E-state index contributed by atoms with van der Waals surface area (Å²) in [5, 5.41) is 10.2. The Morgan fingerprint density at radius 2 is 2.06 bits per heavy atom. The minimum atomic E-state index is -1.14. The second kappa shape index (κ2) is 6.30. The standard InChI is InChI=1S/C12H14O4S/c1-8(12(15)16-2)17-10-6-4-3-5-9(10)7-11(13)14/h3-6,8H,7H2,1-2H3,(H,13,14)/p-1. The molecule has 0 radical (unpaired) electrons. The quantitative estimate of drug-likeness (QED) is 0.569. The topological polar surface area (TPSA) is 66.4 Å². The number of hydrogen-bond acceptors (Lipinski definition) is 5. The predicted molar refractivity (Wildman–Crippen MR) is 62.5 cm³/mol. The molecule has 0 heterocycles. The smallest absolute Gasteiger partial charge is 0.318 e. The zero-order valence-electron chi connectivity index (χ0n) is 9.64. The fraction of sp³-hybridized carbons (Fsp3) is 0.333. The van der Waals surface area contributed by atoms with E-state index in [9.17, 15) is 14.7 Å². The molecular formula is C12H13O4S-. The van der Waals surface area contributed by atoms with E-state index < -0.39 is 5.97 Å². The largest absolute Gasteiger partial charge is 0.550 e. The van der Waals surface area contributed by atoms with E-state index in [-0.39, 0.29) is 17.6 Å². The number of aliphatic carboxylic acids is 1. The molecule has 1 aromatic carbocycles. The van der Waals surface area contributed by atoms with Crippen molar-refractivity contribution in [2.75, 3.05) is 7.11 Å². The number of esters is 1. The summed E-state index contributed by atoms with van der Waals surface area (Å²) >= 11 is 1.28. The van der Waals surface area contributed by atoms with Crippen molar-refractivity contribution in [3.05, 3.63) is 29.8 Å². The average molecular weight is 253 g/mol. The van der Waals surface area contributed by atoms with Crippen molar-refractivity contribution in [2.45, 2.75) is 23.5 Å². The Morgan fingerprint density at radius 1 is 1.41 bits per heavy atom. The Labute approximate surface area is 104 Å². The van der Waals surface area contributed by atoms with Crippen molar-refractivity contribution < 1.29 is 19.4 Å². The molecule has 5 heteroatoms.